The fraction of sp³-hybridized carbons (Fsp3) is 0.182. The molecule has 0 bridgehead atoms. The van der Waals surface area contributed by atoms with Gasteiger partial charge in [0.1, 0.15) is 0 Å². The van der Waals surface area contributed by atoms with Gasteiger partial charge in [-0.25, -0.2) is 0 Å². The van der Waals surface area contributed by atoms with Gasteiger partial charge in [0.05, 0.1) is 0 Å². The summed E-state index contributed by atoms with van der Waals surface area (Å²) in [6.45, 7) is 2.00. The van der Waals surface area contributed by atoms with Gasteiger partial charge in [-0.1, -0.05) is 13.0 Å². The maximum Gasteiger partial charge on any atom is 0.256 e. The van der Waals surface area contributed by atoms with Crippen LogP contribution in [0.25, 0.3) is 10.8 Å². The van der Waals surface area contributed by atoms with Gasteiger partial charge in [-0.3, -0.25) is 4.79 Å². The highest BCUT2D eigenvalue weighted by atomic mass is 35.5. The zero-order valence-corrected chi connectivity index (χ0v) is 9.23. The van der Waals surface area contributed by atoms with Crippen molar-refractivity contribution in [1.82, 2.24) is 4.98 Å². The molecule has 0 aliphatic heterocycles. The predicted molar refractivity (Wildman–Crippen MR) is 65.6 cm³/mol. The van der Waals surface area contributed by atoms with Crippen molar-refractivity contribution in [3.8, 4) is 0 Å². The number of nitrogens with two attached hydrogens (primary N) is 1. The van der Waals surface area contributed by atoms with Crippen molar-refractivity contribution in [2.75, 3.05) is 5.73 Å². The number of pyridine rings is 1. The van der Waals surface area contributed by atoms with E-state index in [2.05, 4.69) is 4.98 Å². The Balaban J connectivity index is 0.00000112. The Bertz CT molecular complexity index is 534. The van der Waals surface area contributed by atoms with Crippen molar-refractivity contribution in [3.63, 3.8) is 0 Å². The fourth-order valence-corrected chi connectivity index (χ4v) is 1.56. The summed E-state index contributed by atoms with van der Waals surface area (Å²) in [6.07, 6.45) is 0.805. The number of fused-ring (bicyclic) bond motifs is 1. The van der Waals surface area contributed by atoms with Gasteiger partial charge in [0.25, 0.3) is 5.56 Å². The lowest BCUT2D eigenvalue weighted by atomic mass is 10.1. The average molecular weight is 225 g/mol. The number of aromatic amines is 1. The number of nitrogens with one attached hydrogen (secondary N) is 1. The number of H-pyrrole nitrogens is 1. The van der Waals surface area contributed by atoms with Gasteiger partial charge in [-0.2, -0.15) is 0 Å². The molecule has 0 saturated carbocycles. The number of anilines is 1. The van der Waals surface area contributed by atoms with E-state index in [1.165, 1.54) is 0 Å². The monoisotopic (exact) mass is 224 g/mol. The van der Waals surface area contributed by atoms with Crippen LogP contribution in [-0.2, 0) is 6.42 Å². The molecule has 0 fully saturated rings. The lowest BCUT2D eigenvalue weighted by molar-refractivity contribution is 1.03. The van der Waals surface area contributed by atoms with Gasteiger partial charge in [-0.05, 0) is 24.6 Å². The third-order valence-electron chi connectivity index (χ3n) is 2.36. The first-order valence-electron chi connectivity index (χ1n) is 4.62. The largest absolute Gasteiger partial charge is 0.398 e. The van der Waals surface area contributed by atoms with Crippen molar-refractivity contribution >= 4 is 28.9 Å². The van der Waals surface area contributed by atoms with Crippen LogP contribution < -0.4 is 11.3 Å². The van der Waals surface area contributed by atoms with Gasteiger partial charge in [-0.15, -0.1) is 12.4 Å². The molecule has 80 valence electrons. The van der Waals surface area contributed by atoms with Crippen LogP contribution in [0.15, 0.2) is 29.1 Å². The highest BCUT2D eigenvalue weighted by Gasteiger charge is 2.02. The van der Waals surface area contributed by atoms with E-state index in [0.717, 1.165) is 17.5 Å². The quantitative estimate of drug-likeness (QED) is 0.729. The Kier molecular flexibility index (Phi) is 3.37. The third-order valence-corrected chi connectivity index (χ3v) is 2.36. The topological polar surface area (TPSA) is 58.9 Å². The number of hydrogen-bond donors (Lipinski definition) is 2. The van der Waals surface area contributed by atoms with Crippen molar-refractivity contribution in [1.29, 1.82) is 0 Å². The lowest BCUT2D eigenvalue weighted by Crippen LogP contribution is -2.09. The van der Waals surface area contributed by atoms with Crippen molar-refractivity contribution < 1.29 is 0 Å². The summed E-state index contributed by atoms with van der Waals surface area (Å²) in [5.41, 5.74) is 7.31. The van der Waals surface area contributed by atoms with Crippen LogP contribution in [0.1, 0.15) is 12.6 Å². The molecule has 0 aliphatic rings. The van der Waals surface area contributed by atoms with E-state index in [0.29, 0.717) is 11.1 Å². The van der Waals surface area contributed by atoms with Gasteiger partial charge >= 0.3 is 0 Å². The van der Waals surface area contributed by atoms with E-state index < -0.39 is 0 Å². The van der Waals surface area contributed by atoms with Gasteiger partial charge in [0, 0.05) is 22.2 Å². The number of hydrogen-bond acceptors (Lipinski definition) is 2. The van der Waals surface area contributed by atoms with Crippen LogP contribution >= 0.6 is 12.4 Å². The van der Waals surface area contributed by atoms with Crippen molar-refractivity contribution in [2.45, 2.75) is 13.3 Å². The number of aromatic nitrogens is 1. The molecule has 2 rings (SSSR count). The van der Waals surface area contributed by atoms with E-state index in [1.54, 1.807) is 18.2 Å². The van der Waals surface area contributed by atoms with E-state index in [1.807, 2.05) is 13.0 Å². The highest BCUT2D eigenvalue weighted by Crippen LogP contribution is 2.17. The summed E-state index contributed by atoms with van der Waals surface area (Å²) in [6, 6.07) is 7.32. The molecule has 4 heteroatoms. The number of halogens is 1. The van der Waals surface area contributed by atoms with Crippen molar-refractivity contribution in [3.05, 3.63) is 40.3 Å². The Morgan fingerprint density at radius 2 is 2.07 bits per heavy atom. The first kappa shape index (κ1) is 11.6. The highest BCUT2D eigenvalue weighted by molar-refractivity contribution is 5.92. The smallest absolute Gasteiger partial charge is 0.256 e. The second kappa shape index (κ2) is 4.36. The molecule has 1 heterocycles. The molecule has 3 N–H and O–H groups in total. The van der Waals surface area contributed by atoms with Crippen LogP contribution in [0.3, 0.4) is 0 Å². The van der Waals surface area contributed by atoms with Gasteiger partial charge < -0.3 is 10.7 Å². The Morgan fingerprint density at radius 3 is 2.73 bits per heavy atom. The summed E-state index contributed by atoms with van der Waals surface area (Å²) in [7, 11) is 0. The second-order valence-corrected chi connectivity index (χ2v) is 3.29. The van der Waals surface area contributed by atoms with Crippen LogP contribution in [0.2, 0.25) is 0 Å². The molecule has 0 amide bonds. The molecule has 0 spiro atoms. The summed E-state index contributed by atoms with van der Waals surface area (Å²) < 4.78 is 0. The summed E-state index contributed by atoms with van der Waals surface area (Å²) in [5, 5.41) is 1.50. The molecular formula is C11H13ClN2O. The molecule has 0 aliphatic carbocycles. The summed E-state index contributed by atoms with van der Waals surface area (Å²) in [5.74, 6) is 0. The Hall–Kier alpha value is -1.48. The SMILES string of the molecule is CCc1cc2c(N)cccc2c(=O)[nH]1.Cl. The maximum absolute atomic E-state index is 11.6. The van der Waals surface area contributed by atoms with E-state index >= 15 is 0 Å². The minimum atomic E-state index is -0.0633. The number of benzene rings is 1. The molecule has 0 radical (unpaired) electrons. The first-order valence-corrected chi connectivity index (χ1v) is 4.62. The zero-order chi connectivity index (χ0) is 10.1. The molecule has 1 aromatic carbocycles. The minimum absolute atomic E-state index is 0. The fourth-order valence-electron chi connectivity index (χ4n) is 1.56. The summed E-state index contributed by atoms with van der Waals surface area (Å²) in [4.78, 5) is 14.4. The normalized spacial score (nSPS) is 9.93. The van der Waals surface area contributed by atoms with Crippen LogP contribution in [0.5, 0.6) is 0 Å². The minimum Gasteiger partial charge on any atom is -0.398 e. The standard InChI is InChI=1S/C11H12N2O.ClH/c1-2-7-6-9-8(11(14)13-7)4-3-5-10(9)12;/h3-6H,2,12H2,1H3,(H,13,14);1H. The molecule has 15 heavy (non-hydrogen) atoms. The number of rotatable bonds is 1. The third kappa shape index (κ3) is 1.97. The average Bonchev–Trinajstić information content (AvgIpc) is 2.19. The Morgan fingerprint density at radius 1 is 1.33 bits per heavy atom. The number of nitrogen functional groups attached to an aromatic ring is 1. The second-order valence-electron chi connectivity index (χ2n) is 3.29. The molecule has 0 atom stereocenters. The summed E-state index contributed by atoms with van der Waals surface area (Å²) >= 11 is 0. The van der Waals surface area contributed by atoms with E-state index in [9.17, 15) is 4.79 Å². The molecular weight excluding hydrogens is 212 g/mol. The number of aryl methyl sites for hydroxylation is 1. The zero-order valence-electron chi connectivity index (χ0n) is 8.41. The first-order chi connectivity index (χ1) is 6.72. The van der Waals surface area contributed by atoms with Crippen LogP contribution in [0, 0.1) is 0 Å². The maximum atomic E-state index is 11.6. The van der Waals surface area contributed by atoms with E-state index in [-0.39, 0.29) is 18.0 Å². The van der Waals surface area contributed by atoms with Crippen LogP contribution in [0.4, 0.5) is 5.69 Å². The lowest BCUT2D eigenvalue weighted by Gasteiger charge is -2.03. The molecule has 2 aromatic rings. The van der Waals surface area contributed by atoms with Crippen molar-refractivity contribution in [2.24, 2.45) is 0 Å². The predicted octanol–water partition coefficient (Wildman–Crippen LogP) is 2.09. The van der Waals surface area contributed by atoms with Gasteiger partial charge in [0.15, 0.2) is 0 Å². The van der Waals surface area contributed by atoms with E-state index in [4.69, 9.17) is 5.73 Å². The van der Waals surface area contributed by atoms with Crippen LogP contribution in [-0.4, -0.2) is 4.98 Å². The van der Waals surface area contributed by atoms with Gasteiger partial charge in [0.2, 0.25) is 0 Å². The Labute approximate surface area is 93.7 Å². The molecule has 0 unspecified atom stereocenters. The molecule has 3 nitrogen and oxygen atoms in total. The molecule has 0 saturated heterocycles. The molecule has 1 aromatic heterocycles.